The molecular weight excluding hydrogens is 310 g/mol. The summed E-state index contributed by atoms with van der Waals surface area (Å²) in [6.45, 7) is -1.64. The lowest BCUT2D eigenvalue weighted by Crippen LogP contribution is -2.35. The van der Waals surface area contributed by atoms with Gasteiger partial charge in [-0.15, -0.1) is 0 Å². The van der Waals surface area contributed by atoms with Crippen LogP contribution in [0.5, 0.6) is 5.75 Å². The van der Waals surface area contributed by atoms with E-state index in [1.807, 2.05) is 12.1 Å². The van der Waals surface area contributed by atoms with Crippen LogP contribution in [-0.2, 0) is 13.0 Å². The number of rotatable bonds is 7. The summed E-state index contributed by atoms with van der Waals surface area (Å²) in [4.78, 5) is 0. The fraction of sp³-hybridized carbons (Fsp3) is 0.267. The Hall–Kier alpha value is -2.15. The summed E-state index contributed by atoms with van der Waals surface area (Å²) in [6, 6.07) is 10.2. The summed E-state index contributed by atoms with van der Waals surface area (Å²) < 4.78 is 33.5. The average molecular weight is 326 g/mol. The second-order valence-corrected chi connectivity index (χ2v) is 4.87. The molecule has 2 N–H and O–H groups in total. The number of halogens is 2. The Morgan fingerprint density at radius 2 is 1.95 bits per heavy atom. The summed E-state index contributed by atoms with van der Waals surface area (Å²) in [5.74, 6) is 0.959. The second kappa shape index (κ2) is 8.33. The first kappa shape index (κ1) is 16.2. The van der Waals surface area contributed by atoms with Crippen LogP contribution < -0.4 is 15.4 Å². The molecule has 0 radical (unpaired) electrons. The van der Waals surface area contributed by atoms with Crippen LogP contribution in [0, 0.1) is 0 Å². The smallest absolute Gasteiger partial charge is 0.387 e. The van der Waals surface area contributed by atoms with Gasteiger partial charge in [-0.25, -0.2) is 0 Å². The quantitative estimate of drug-likeness (QED) is 0.766. The van der Waals surface area contributed by atoms with Crippen LogP contribution in [0.25, 0.3) is 0 Å². The maximum Gasteiger partial charge on any atom is 0.387 e. The van der Waals surface area contributed by atoms with E-state index in [2.05, 4.69) is 15.4 Å². The first-order chi connectivity index (χ1) is 10.6. The van der Waals surface area contributed by atoms with Crippen LogP contribution >= 0.6 is 12.2 Å². The highest BCUT2D eigenvalue weighted by Crippen LogP contribution is 2.14. The Bertz CT molecular complexity index is 574. The third-order valence-electron chi connectivity index (χ3n) is 2.85. The summed E-state index contributed by atoms with van der Waals surface area (Å²) in [6.07, 6.45) is 2.33. The van der Waals surface area contributed by atoms with Crippen LogP contribution in [0.3, 0.4) is 0 Å². The van der Waals surface area contributed by atoms with Gasteiger partial charge in [-0.1, -0.05) is 12.1 Å². The van der Waals surface area contributed by atoms with E-state index >= 15 is 0 Å². The fourth-order valence-electron chi connectivity index (χ4n) is 1.80. The van der Waals surface area contributed by atoms with Crippen molar-refractivity contribution in [2.75, 3.05) is 6.54 Å². The van der Waals surface area contributed by atoms with Crippen LogP contribution in [0.15, 0.2) is 47.1 Å². The zero-order chi connectivity index (χ0) is 15.8. The standard InChI is InChI=1S/C15H16F2N2O2S/c16-14(17)21-12-5-3-11(4-6-12)7-8-18-15(22)19-10-13-2-1-9-20-13/h1-6,9,14H,7-8,10H2,(H2,18,19,22). The number of thiocarbonyl (C=S) groups is 1. The molecule has 0 spiro atoms. The van der Waals surface area contributed by atoms with Crippen molar-refractivity contribution in [2.45, 2.75) is 19.6 Å². The molecule has 4 nitrogen and oxygen atoms in total. The van der Waals surface area contributed by atoms with Crippen molar-refractivity contribution < 1.29 is 17.9 Å². The Morgan fingerprint density at radius 3 is 2.59 bits per heavy atom. The number of nitrogens with one attached hydrogen (secondary N) is 2. The predicted octanol–water partition coefficient (Wildman–Crippen LogP) is 3.09. The molecule has 0 aliphatic carbocycles. The lowest BCUT2D eigenvalue weighted by Gasteiger charge is -2.10. The Morgan fingerprint density at radius 1 is 1.18 bits per heavy atom. The molecule has 1 aromatic heterocycles. The summed E-state index contributed by atoms with van der Waals surface area (Å²) >= 11 is 5.14. The predicted molar refractivity (Wildman–Crippen MR) is 82.9 cm³/mol. The van der Waals surface area contributed by atoms with E-state index in [1.165, 1.54) is 12.1 Å². The highest BCUT2D eigenvalue weighted by molar-refractivity contribution is 7.80. The molecule has 0 bridgehead atoms. The minimum Gasteiger partial charge on any atom is -0.467 e. The topological polar surface area (TPSA) is 46.4 Å². The molecular formula is C15H16F2N2O2S. The average Bonchev–Trinajstić information content (AvgIpc) is 3.00. The van der Waals surface area contributed by atoms with E-state index in [4.69, 9.17) is 16.6 Å². The van der Waals surface area contributed by atoms with Crippen LogP contribution in [-0.4, -0.2) is 18.3 Å². The lowest BCUT2D eigenvalue weighted by molar-refractivity contribution is -0.0498. The molecule has 0 saturated heterocycles. The third kappa shape index (κ3) is 5.69. The molecule has 2 aromatic rings. The Kier molecular flexibility index (Phi) is 6.14. The van der Waals surface area contributed by atoms with Crippen LogP contribution in [0.4, 0.5) is 8.78 Å². The largest absolute Gasteiger partial charge is 0.467 e. The highest BCUT2D eigenvalue weighted by atomic mass is 32.1. The number of ether oxygens (including phenoxy) is 1. The van der Waals surface area contributed by atoms with Gasteiger partial charge >= 0.3 is 6.61 Å². The molecule has 118 valence electrons. The van der Waals surface area contributed by atoms with E-state index < -0.39 is 6.61 Å². The van der Waals surface area contributed by atoms with Gasteiger partial charge in [-0.3, -0.25) is 0 Å². The molecule has 0 aliphatic rings. The summed E-state index contributed by atoms with van der Waals surface area (Å²) in [5.41, 5.74) is 1.00. The van der Waals surface area contributed by atoms with Crippen molar-refractivity contribution in [3.8, 4) is 5.75 Å². The van der Waals surface area contributed by atoms with Gasteiger partial charge in [0.2, 0.25) is 0 Å². The minimum absolute atomic E-state index is 0.155. The maximum absolute atomic E-state index is 12.0. The molecule has 0 aliphatic heterocycles. The molecule has 0 saturated carbocycles. The zero-order valence-electron chi connectivity index (χ0n) is 11.7. The van der Waals surface area contributed by atoms with Crippen LogP contribution in [0.2, 0.25) is 0 Å². The zero-order valence-corrected chi connectivity index (χ0v) is 12.5. The maximum atomic E-state index is 12.0. The van der Waals surface area contributed by atoms with E-state index in [-0.39, 0.29) is 5.75 Å². The van der Waals surface area contributed by atoms with Gasteiger partial charge in [-0.2, -0.15) is 8.78 Å². The first-order valence-electron chi connectivity index (χ1n) is 6.71. The first-order valence-corrected chi connectivity index (χ1v) is 7.12. The van der Waals surface area contributed by atoms with Gasteiger partial charge in [0.05, 0.1) is 12.8 Å². The highest BCUT2D eigenvalue weighted by Gasteiger charge is 2.04. The number of hydrogen-bond donors (Lipinski definition) is 2. The third-order valence-corrected chi connectivity index (χ3v) is 3.14. The van der Waals surface area contributed by atoms with E-state index in [0.29, 0.717) is 18.2 Å². The molecule has 1 heterocycles. The number of benzene rings is 1. The normalized spacial score (nSPS) is 10.5. The molecule has 0 amide bonds. The number of hydrogen-bond acceptors (Lipinski definition) is 3. The molecule has 1 aromatic carbocycles. The van der Waals surface area contributed by atoms with Gasteiger partial charge in [0.1, 0.15) is 11.5 Å². The molecule has 0 fully saturated rings. The molecule has 0 unspecified atom stereocenters. The van der Waals surface area contributed by atoms with E-state index in [0.717, 1.165) is 17.7 Å². The van der Waals surface area contributed by atoms with Crippen molar-refractivity contribution in [1.29, 1.82) is 0 Å². The molecule has 22 heavy (non-hydrogen) atoms. The lowest BCUT2D eigenvalue weighted by atomic mass is 10.1. The van der Waals surface area contributed by atoms with E-state index in [1.54, 1.807) is 18.4 Å². The molecule has 7 heteroatoms. The molecule has 0 atom stereocenters. The van der Waals surface area contributed by atoms with Gasteiger partial charge in [-0.05, 0) is 48.5 Å². The second-order valence-electron chi connectivity index (χ2n) is 4.46. The van der Waals surface area contributed by atoms with Gasteiger partial charge < -0.3 is 19.8 Å². The Labute approximate surface area is 132 Å². The summed E-state index contributed by atoms with van der Waals surface area (Å²) in [5, 5.41) is 6.63. The van der Waals surface area contributed by atoms with Crippen molar-refractivity contribution in [2.24, 2.45) is 0 Å². The van der Waals surface area contributed by atoms with Crippen LogP contribution in [0.1, 0.15) is 11.3 Å². The van der Waals surface area contributed by atoms with Crippen molar-refractivity contribution in [3.05, 3.63) is 54.0 Å². The summed E-state index contributed by atoms with van der Waals surface area (Å²) in [7, 11) is 0. The van der Waals surface area contributed by atoms with Gasteiger partial charge in [0, 0.05) is 6.54 Å². The van der Waals surface area contributed by atoms with Crippen molar-refractivity contribution in [3.63, 3.8) is 0 Å². The van der Waals surface area contributed by atoms with E-state index in [9.17, 15) is 8.78 Å². The number of furan rings is 1. The monoisotopic (exact) mass is 326 g/mol. The fourth-order valence-corrected chi connectivity index (χ4v) is 1.98. The van der Waals surface area contributed by atoms with Gasteiger partial charge in [0.25, 0.3) is 0 Å². The minimum atomic E-state index is -2.80. The molecule has 2 rings (SSSR count). The van der Waals surface area contributed by atoms with Crippen molar-refractivity contribution >= 4 is 17.3 Å². The van der Waals surface area contributed by atoms with Crippen molar-refractivity contribution in [1.82, 2.24) is 10.6 Å². The Balaban J connectivity index is 1.66. The SMILES string of the molecule is FC(F)Oc1ccc(CCNC(=S)NCc2ccco2)cc1. The van der Waals surface area contributed by atoms with Gasteiger partial charge in [0.15, 0.2) is 5.11 Å². The number of alkyl halides is 2.